The summed E-state index contributed by atoms with van der Waals surface area (Å²) in [6.45, 7) is 1.17. The molecule has 0 atom stereocenters. The van der Waals surface area contributed by atoms with Crippen molar-refractivity contribution < 1.29 is 23.5 Å². The molecule has 0 radical (unpaired) electrons. The number of imide groups is 1. The van der Waals surface area contributed by atoms with E-state index in [4.69, 9.17) is 9.15 Å². The van der Waals surface area contributed by atoms with Crippen LogP contribution < -0.4 is 5.32 Å². The molecule has 0 saturated heterocycles. The van der Waals surface area contributed by atoms with Gasteiger partial charge in [0.05, 0.1) is 0 Å². The Morgan fingerprint density at radius 3 is 2.41 bits per heavy atom. The van der Waals surface area contributed by atoms with E-state index in [-0.39, 0.29) is 5.76 Å². The summed E-state index contributed by atoms with van der Waals surface area (Å²) in [5.41, 5.74) is 1.57. The summed E-state index contributed by atoms with van der Waals surface area (Å²) in [5.74, 6) is -1.99. The van der Waals surface area contributed by atoms with Crippen molar-refractivity contribution in [3.05, 3.63) is 83.6 Å². The molecular weight excluding hydrogens is 370 g/mol. The number of aryl methyl sites for hydroxylation is 1. The van der Waals surface area contributed by atoms with Crippen molar-refractivity contribution >= 4 is 39.5 Å². The quantitative estimate of drug-likeness (QED) is 0.535. The number of benzene rings is 3. The third-order valence-electron chi connectivity index (χ3n) is 4.64. The lowest BCUT2D eigenvalue weighted by Gasteiger charge is -2.05. The normalized spacial score (nSPS) is 10.8. The molecule has 0 bridgehead atoms. The number of ether oxygens (including phenoxy) is 1. The van der Waals surface area contributed by atoms with Crippen LogP contribution in [0.25, 0.3) is 21.7 Å². The van der Waals surface area contributed by atoms with Crippen molar-refractivity contribution in [1.82, 2.24) is 5.32 Å². The molecule has 0 unspecified atom stereocenters. The molecule has 4 rings (SSSR count). The van der Waals surface area contributed by atoms with Crippen molar-refractivity contribution in [2.45, 2.75) is 6.92 Å². The van der Waals surface area contributed by atoms with Gasteiger partial charge in [-0.1, -0.05) is 54.6 Å². The molecule has 0 saturated carbocycles. The first kappa shape index (κ1) is 18.4. The van der Waals surface area contributed by atoms with Crippen molar-refractivity contribution in [3.8, 4) is 0 Å². The zero-order valence-electron chi connectivity index (χ0n) is 15.6. The first-order valence-electron chi connectivity index (χ1n) is 9.02. The minimum Gasteiger partial charge on any atom is -0.450 e. The van der Waals surface area contributed by atoms with Crippen LogP contribution in [0.1, 0.15) is 26.5 Å². The van der Waals surface area contributed by atoms with Gasteiger partial charge >= 0.3 is 5.97 Å². The zero-order chi connectivity index (χ0) is 20.4. The molecule has 0 aliphatic rings. The second-order valence-corrected chi connectivity index (χ2v) is 6.54. The lowest BCUT2D eigenvalue weighted by molar-refractivity contribution is -0.123. The highest BCUT2D eigenvalue weighted by atomic mass is 16.5. The van der Waals surface area contributed by atoms with Crippen LogP contribution >= 0.6 is 0 Å². The SMILES string of the molecule is Cc1c(C(=O)OCC(=O)NC(=O)c2ccccc2)oc2c1ccc1ccccc12. The largest absolute Gasteiger partial charge is 0.450 e. The molecule has 6 nitrogen and oxygen atoms in total. The Balaban J connectivity index is 1.48. The second kappa shape index (κ2) is 7.59. The van der Waals surface area contributed by atoms with Gasteiger partial charge in [-0.05, 0) is 24.4 Å². The fourth-order valence-corrected chi connectivity index (χ4v) is 3.16. The zero-order valence-corrected chi connectivity index (χ0v) is 15.6. The molecule has 2 amide bonds. The van der Waals surface area contributed by atoms with E-state index in [0.717, 1.165) is 16.2 Å². The average Bonchev–Trinajstić information content (AvgIpc) is 3.09. The lowest BCUT2D eigenvalue weighted by atomic mass is 10.1. The van der Waals surface area contributed by atoms with Crippen LogP contribution in [0, 0.1) is 6.92 Å². The number of hydrogen-bond donors (Lipinski definition) is 1. The monoisotopic (exact) mass is 387 g/mol. The Morgan fingerprint density at radius 2 is 1.62 bits per heavy atom. The number of nitrogens with one attached hydrogen (secondary N) is 1. The van der Waals surface area contributed by atoms with Gasteiger partial charge in [0.25, 0.3) is 11.8 Å². The molecular formula is C23H17NO5. The van der Waals surface area contributed by atoms with Gasteiger partial charge < -0.3 is 9.15 Å². The van der Waals surface area contributed by atoms with Crippen LogP contribution in [0.2, 0.25) is 0 Å². The van der Waals surface area contributed by atoms with Gasteiger partial charge in [0.15, 0.2) is 6.61 Å². The molecule has 29 heavy (non-hydrogen) atoms. The highest BCUT2D eigenvalue weighted by molar-refractivity contribution is 6.09. The minimum absolute atomic E-state index is 0.0403. The third kappa shape index (κ3) is 3.60. The fraction of sp³-hybridized carbons (Fsp3) is 0.0870. The summed E-state index contributed by atoms with van der Waals surface area (Å²) in [7, 11) is 0. The van der Waals surface area contributed by atoms with Gasteiger partial charge in [-0.3, -0.25) is 14.9 Å². The third-order valence-corrected chi connectivity index (χ3v) is 4.64. The van der Waals surface area contributed by atoms with E-state index in [0.29, 0.717) is 16.7 Å². The van der Waals surface area contributed by atoms with E-state index in [1.54, 1.807) is 37.3 Å². The van der Waals surface area contributed by atoms with Crippen molar-refractivity contribution in [2.75, 3.05) is 6.61 Å². The van der Waals surface area contributed by atoms with Crippen molar-refractivity contribution in [2.24, 2.45) is 0 Å². The number of carbonyl (C=O) groups is 3. The summed E-state index contributed by atoms with van der Waals surface area (Å²) in [6, 6.07) is 19.8. The topological polar surface area (TPSA) is 85.6 Å². The van der Waals surface area contributed by atoms with Crippen LogP contribution in [0.5, 0.6) is 0 Å². The van der Waals surface area contributed by atoms with Gasteiger partial charge in [0.2, 0.25) is 5.76 Å². The number of esters is 1. The first-order valence-corrected chi connectivity index (χ1v) is 9.02. The van der Waals surface area contributed by atoms with E-state index in [1.807, 2.05) is 36.4 Å². The molecule has 1 heterocycles. The Kier molecular flexibility index (Phi) is 4.83. The highest BCUT2D eigenvalue weighted by Gasteiger charge is 2.21. The Hall–Kier alpha value is -3.93. The maximum atomic E-state index is 12.5. The van der Waals surface area contributed by atoms with Crippen LogP contribution in [0.4, 0.5) is 0 Å². The van der Waals surface area contributed by atoms with E-state index in [2.05, 4.69) is 5.32 Å². The highest BCUT2D eigenvalue weighted by Crippen LogP contribution is 2.31. The van der Waals surface area contributed by atoms with Gasteiger partial charge in [-0.2, -0.15) is 0 Å². The number of carbonyl (C=O) groups excluding carboxylic acids is 3. The lowest BCUT2D eigenvalue weighted by Crippen LogP contribution is -2.34. The molecule has 4 aromatic rings. The van der Waals surface area contributed by atoms with Crippen molar-refractivity contribution in [3.63, 3.8) is 0 Å². The molecule has 0 spiro atoms. The van der Waals surface area contributed by atoms with Crippen LogP contribution in [-0.4, -0.2) is 24.4 Å². The predicted octanol–water partition coefficient (Wildman–Crippen LogP) is 4.01. The van der Waals surface area contributed by atoms with Gasteiger partial charge in [0.1, 0.15) is 5.58 Å². The average molecular weight is 387 g/mol. The molecule has 0 aliphatic carbocycles. The summed E-state index contributed by atoms with van der Waals surface area (Å²) >= 11 is 0. The molecule has 3 aromatic carbocycles. The number of amides is 2. The Labute approximate surface area is 166 Å². The predicted molar refractivity (Wildman–Crippen MR) is 108 cm³/mol. The molecule has 0 aliphatic heterocycles. The fourth-order valence-electron chi connectivity index (χ4n) is 3.16. The van der Waals surface area contributed by atoms with Crippen LogP contribution in [0.15, 0.2) is 71.1 Å². The summed E-state index contributed by atoms with van der Waals surface area (Å²) in [6.07, 6.45) is 0. The summed E-state index contributed by atoms with van der Waals surface area (Å²) < 4.78 is 10.8. The van der Waals surface area contributed by atoms with Gasteiger partial charge in [-0.25, -0.2) is 4.79 Å². The second-order valence-electron chi connectivity index (χ2n) is 6.54. The van der Waals surface area contributed by atoms with Crippen molar-refractivity contribution in [1.29, 1.82) is 0 Å². The minimum atomic E-state index is -0.759. The summed E-state index contributed by atoms with van der Waals surface area (Å²) in [4.78, 5) is 36.4. The Bertz CT molecular complexity index is 1240. The maximum absolute atomic E-state index is 12.5. The summed E-state index contributed by atoms with van der Waals surface area (Å²) in [5, 5.41) is 4.87. The molecule has 1 aromatic heterocycles. The maximum Gasteiger partial charge on any atom is 0.375 e. The molecule has 6 heteroatoms. The standard InChI is InChI=1S/C23H17NO5/c1-14-17-12-11-15-7-5-6-10-18(15)21(17)29-20(14)23(27)28-13-19(25)24-22(26)16-8-3-2-4-9-16/h2-12H,13H2,1H3,(H,24,25,26). The molecule has 0 fully saturated rings. The number of hydrogen-bond acceptors (Lipinski definition) is 5. The van der Waals surface area contributed by atoms with E-state index in [9.17, 15) is 14.4 Å². The Morgan fingerprint density at radius 1 is 0.897 bits per heavy atom. The number of rotatable bonds is 4. The van der Waals surface area contributed by atoms with Crippen LogP contribution in [0.3, 0.4) is 0 Å². The van der Waals surface area contributed by atoms with Gasteiger partial charge in [0, 0.05) is 21.9 Å². The molecule has 144 valence electrons. The van der Waals surface area contributed by atoms with E-state index >= 15 is 0 Å². The number of furan rings is 1. The van der Waals surface area contributed by atoms with E-state index < -0.39 is 24.4 Å². The molecule has 1 N–H and O–H groups in total. The first-order chi connectivity index (χ1) is 14.0. The van der Waals surface area contributed by atoms with Gasteiger partial charge in [-0.15, -0.1) is 0 Å². The smallest absolute Gasteiger partial charge is 0.375 e. The number of fused-ring (bicyclic) bond motifs is 3. The van der Waals surface area contributed by atoms with E-state index in [1.165, 1.54) is 0 Å². The van der Waals surface area contributed by atoms with Crippen LogP contribution in [-0.2, 0) is 9.53 Å².